The summed E-state index contributed by atoms with van der Waals surface area (Å²) >= 11 is 2.06. The zero-order valence-electron chi connectivity index (χ0n) is 11.1. The number of rotatable bonds is 2. The molecular formula is C15H19N3S. The standard InChI is InChI=1S/C15H19N3S/c1-2-5-12(4-1)18-14(11-7-9-19-10-11)17-13-6-3-8-16-15(13)18/h3,6,8,11-12H,1-2,4-5,7,9-10H2. The molecule has 19 heavy (non-hydrogen) atoms. The van der Waals surface area contributed by atoms with Crippen molar-refractivity contribution in [2.45, 2.75) is 44.1 Å². The van der Waals surface area contributed by atoms with Gasteiger partial charge < -0.3 is 4.57 Å². The normalized spacial score (nSPS) is 24.5. The molecule has 1 saturated heterocycles. The Morgan fingerprint density at radius 1 is 1.21 bits per heavy atom. The fraction of sp³-hybridized carbons (Fsp3) is 0.600. The smallest absolute Gasteiger partial charge is 0.160 e. The minimum Gasteiger partial charge on any atom is -0.309 e. The van der Waals surface area contributed by atoms with Crippen molar-refractivity contribution >= 4 is 22.9 Å². The monoisotopic (exact) mass is 273 g/mol. The lowest BCUT2D eigenvalue weighted by atomic mass is 10.1. The third kappa shape index (κ3) is 1.97. The van der Waals surface area contributed by atoms with Gasteiger partial charge in [-0.05, 0) is 37.1 Å². The van der Waals surface area contributed by atoms with Crippen LogP contribution in [-0.2, 0) is 0 Å². The first kappa shape index (κ1) is 11.8. The van der Waals surface area contributed by atoms with E-state index >= 15 is 0 Å². The molecule has 0 spiro atoms. The number of hydrogen-bond acceptors (Lipinski definition) is 3. The highest BCUT2D eigenvalue weighted by Crippen LogP contribution is 2.38. The summed E-state index contributed by atoms with van der Waals surface area (Å²) in [6.07, 6.45) is 8.50. The Kier molecular flexibility index (Phi) is 2.98. The van der Waals surface area contributed by atoms with Gasteiger partial charge in [0, 0.05) is 23.9 Å². The van der Waals surface area contributed by atoms with Crippen molar-refractivity contribution in [2.75, 3.05) is 11.5 Å². The molecule has 4 heteroatoms. The maximum atomic E-state index is 4.93. The van der Waals surface area contributed by atoms with Crippen LogP contribution in [0.15, 0.2) is 18.3 Å². The van der Waals surface area contributed by atoms with Crippen LogP contribution in [0.5, 0.6) is 0 Å². The Morgan fingerprint density at radius 2 is 2.11 bits per heavy atom. The van der Waals surface area contributed by atoms with Gasteiger partial charge in [-0.1, -0.05) is 12.8 Å². The molecule has 100 valence electrons. The van der Waals surface area contributed by atoms with Crippen molar-refractivity contribution in [3.63, 3.8) is 0 Å². The summed E-state index contributed by atoms with van der Waals surface area (Å²) in [6.45, 7) is 0. The first-order valence-corrected chi connectivity index (χ1v) is 8.49. The lowest BCUT2D eigenvalue weighted by Crippen LogP contribution is -2.13. The summed E-state index contributed by atoms with van der Waals surface area (Å²) in [6, 6.07) is 4.75. The van der Waals surface area contributed by atoms with Crippen LogP contribution in [-0.4, -0.2) is 26.0 Å². The number of thioether (sulfide) groups is 1. The summed E-state index contributed by atoms with van der Waals surface area (Å²) in [4.78, 5) is 9.54. The summed E-state index contributed by atoms with van der Waals surface area (Å²) in [5, 5.41) is 0. The highest BCUT2D eigenvalue weighted by Gasteiger charge is 2.29. The molecule has 0 bridgehead atoms. The Hall–Kier alpha value is -1.03. The molecule has 0 N–H and O–H groups in total. The average molecular weight is 273 g/mol. The summed E-state index contributed by atoms with van der Waals surface area (Å²) < 4.78 is 2.48. The predicted octanol–water partition coefficient (Wildman–Crippen LogP) is 3.77. The second-order valence-electron chi connectivity index (χ2n) is 5.68. The molecule has 1 saturated carbocycles. The van der Waals surface area contributed by atoms with E-state index in [1.54, 1.807) is 0 Å². The van der Waals surface area contributed by atoms with E-state index < -0.39 is 0 Å². The molecule has 2 aromatic rings. The van der Waals surface area contributed by atoms with Gasteiger partial charge >= 0.3 is 0 Å². The Morgan fingerprint density at radius 3 is 2.89 bits per heavy atom. The molecule has 1 unspecified atom stereocenters. The van der Waals surface area contributed by atoms with Crippen LogP contribution in [0, 0.1) is 0 Å². The molecule has 2 aliphatic rings. The van der Waals surface area contributed by atoms with Gasteiger partial charge in [0.05, 0.1) is 0 Å². The zero-order chi connectivity index (χ0) is 12.7. The lowest BCUT2D eigenvalue weighted by molar-refractivity contribution is 0.491. The van der Waals surface area contributed by atoms with E-state index in [1.165, 1.54) is 49.4 Å². The summed E-state index contributed by atoms with van der Waals surface area (Å²) in [5.41, 5.74) is 2.20. The van der Waals surface area contributed by atoms with Gasteiger partial charge in [0.15, 0.2) is 5.65 Å². The number of imidazole rings is 1. The van der Waals surface area contributed by atoms with Gasteiger partial charge in [0.25, 0.3) is 0 Å². The van der Waals surface area contributed by atoms with Crippen molar-refractivity contribution in [1.29, 1.82) is 0 Å². The van der Waals surface area contributed by atoms with Crippen LogP contribution in [0.2, 0.25) is 0 Å². The molecule has 1 aliphatic carbocycles. The topological polar surface area (TPSA) is 30.7 Å². The van der Waals surface area contributed by atoms with Crippen molar-refractivity contribution in [2.24, 2.45) is 0 Å². The molecule has 3 nitrogen and oxygen atoms in total. The average Bonchev–Trinajstić information content (AvgIpc) is 3.17. The van der Waals surface area contributed by atoms with E-state index in [0.717, 1.165) is 11.2 Å². The lowest BCUT2D eigenvalue weighted by Gasteiger charge is -2.18. The van der Waals surface area contributed by atoms with Gasteiger partial charge in [0.2, 0.25) is 0 Å². The first-order valence-electron chi connectivity index (χ1n) is 7.34. The molecule has 1 aliphatic heterocycles. The van der Waals surface area contributed by atoms with Crippen LogP contribution in [0.4, 0.5) is 0 Å². The van der Waals surface area contributed by atoms with E-state index in [-0.39, 0.29) is 0 Å². The Balaban J connectivity index is 1.87. The van der Waals surface area contributed by atoms with Crippen molar-refractivity contribution in [1.82, 2.24) is 14.5 Å². The second kappa shape index (κ2) is 4.82. The fourth-order valence-corrected chi connectivity index (χ4v) is 4.71. The summed E-state index contributed by atoms with van der Waals surface area (Å²) in [7, 11) is 0. The Labute approximate surface area is 117 Å². The maximum absolute atomic E-state index is 4.93. The molecule has 1 atom stereocenters. The molecule has 0 aromatic carbocycles. The van der Waals surface area contributed by atoms with Crippen LogP contribution < -0.4 is 0 Å². The molecule has 3 heterocycles. The van der Waals surface area contributed by atoms with E-state index in [0.29, 0.717) is 12.0 Å². The molecule has 0 radical (unpaired) electrons. The quantitative estimate of drug-likeness (QED) is 0.834. The minimum atomic E-state index is 0.639. The third-order valence-electron chi connectivity index (χ3n) is 4.46. The second-order valence-corrected chi connectivity index (χ2v) is 6.83. The highest BCUT2D eigenvalue weighted by molar-refractivity contribution is 7.99. The SMILES string of the molecule is c1cnc2c(c1)nc(C1CCSC1)n2C1CCCC1. The summed E-state index contributed by atoms with van der Waals surface area (Å²) in [5.74, 6) is 4.47. The van der Waals surface area contributed by atoms with Gasteiger partial charge in [-0.3, -0.25) is 0 Å². The molecule has 2 aromatic heterocycles. The third-order valence-corrected chi connectivity index (χ3v) is 5.62. The first-order chi connectivity index (χ1) is 9.43. The number of nitrogens with zero attached hydrogens (tertiary/aromatic N) is 3. The number of pyridine rings is 1. The van der Waals surface area contributed by atoms with Crippen LogP contribution in [0.1, 0.15) is 49.9 Å². The van der Waals surface area contributed by atoms with E-state index in [4.69, 9.17) is 4.98 Å². The van der Waals surface area contributed by atoms with E-state index in [2.05, 4.69) is 27.4 Å². The van der Waals surface area contributed by atoms with Crippen molar-refractivity contribution < 1.29 is 0 Å². The van der Waals surface area contributed by atoms with Crippen molar-refractivity contribution in [3.05, 3.63) is 24.2 Å². The number of fused-ring (bicyclic) bond motifs is 1. The van der Waals surface area contributed by atoms with E-state index in [1.807, 2.05) is 12.3 Å². The van der Waals surface area contributed by atoms with Crippen LogP contribution >= 0.6 is 11.8 Å². The van der Waals surface area contributed by atoms with Gasteiger partial charge in [-0.15, -0.1) is 0 Å². The number of hydrogen-bond donors (Lipinski definition) is 0. The van der Waals surface area contributed by atoms with Crippen LogP contribution in [0.3, 0.4) is 0 Å². The van der Waals surface area contributed by atoms with Crippen molar-refractivity contribution in [3.8, 4) is 0 Å². The molecule has 2 fully saturated rings. The van der Waals surface area contributed by atoms with E-state index in [9.17, 15) is 0 Å². The predicted molar refractivity (Wildman–Crippen MR) is 79.7 cm³/mol. The molecule has 4 rings (SSSR count). The maximum Gasteiger partial charge on any atom is 0.160 e. The van der Waals surface area contributed by atoms with Gasteiger partial charge in [0.1, 0.15) is 11.3 Å². The minimum absolute atomic E-state index is 0.639. The fourth-order valence-electron chi connectivity index (χ4n) is 3.50. The van der Waals surface area contributed by atoms with Gasteiger partial charge in [-0.2, -0.15) is 11.8 Å². The van der Waals surface area contributed by atoms with Gasteiger partial charge in [-0.25, -0.2) is 9.97 Å². The Bertz CT molecular complexity index is 580. The highest BCUT2D eigenvalue weighted by atomic mass is 32.2. The molecule has 0 amide bonds. The van der Waals surface area contributed by atoms with Crippen LogP contribution in [0.25, 0.3) is 11.2 Å². The zero-order valence-corrected chi connectivity index (χ0v) is 11.9. The molecular weight excluding hydrogens is 254 g/mol. The number of aromatic nitrogens is 3. The largest absolute Gasteiger partial charge is 0.309 e.